The molecule has 31 heavy (non-hydrogen) atoms. The molecule has 1 heterocycles. The number of benzene rings is 3. The number of carbonyl (C=O) groups excluding carboxylic acids is 1. The lowest BCUT2D eigenvalue weighted by atomic mass is 10.0. The Morgan fingerprint density at radius 3 is 2.39 bits per heavy atom. The summed E-state index contributed by atoms with van der Waals surface area (Å²) in [6, 6.07) is 18.6. The van der Waals surface area contributed by atoms with E-state index in [1.807, 2.05) is 43.3 Å². The molecule has 0 aliphatic carbocycles. The number of hydrogen-bond donors (Lipinski definition) is 1. The predicted octanol–water partition coefficient (Wildman–Crippen LogP) is 6.62. The first-order chi connectivity index (χ1) is 14.7. The minimum Gasteiger partial charge on any atom is -0.322 e. The average Bonchev–Trinajstić information content (AvgIpc) is 2.74. The lowest BCUT2D eigenvalue weighted by Gasteiger charge is -2.13. The molecule has 7 heteroatoms. The average molecular weight is 424 g/mol. The van der Waals surface area contributed by atoms with Crippen LogP contribution in [0.1, 0.15) is 21.5 Å². The number of hydrogen-bond acceptors (Lipinski definition) is 2. The second-order valence-corrected chi connectivity index (χ2v) is 7.09. The molecule has 0 saturated heterocycles. The van der Waals surface area contributed by atoms with Crippen molar-refractivity contribution in [2.75, 3.05) is 5.32 Å². The van der Waals surface area contributed by atoms with Crippen LogP contribution in [0.2, 0.25) is 0 Å². The molecule has 0 atom stereocenters. The lowest BCUT2D eigenvalue weighted by Crippen LogP contribution is -2.15. The van der Waals surface area contributed by atoms with Crippen molar-refractivity contribution in [1.82, 2.24) is 4.98 Å². The molecule has 0 unspecified atom stereocenters. The Kier molecular flexibility index (Phi) is 5.19. The second kappa shape index (κ2) is 7.83. The van der Waals surface area contributed by atoms with Crippen LogP contribution in [-0.4, -0.2) is 10.9 Å². The van der Waals surface area contributed by atoms with E-state index < -0.39 is 23.5 Å². The molecule has 0 spiro atoms. The maximum atomic E-state index is 13.6. The third-order valence-electron chi connectivity index (χ3n) is 4.81. The van der Waals surface area contributed by atoms with Gasteiger partial charge in [-0.25, -0.2) is 9.37 Å². The zero-order chi connectivity index (χ0) is 22.2. The van der Waals surface area contributed by atoms with E-state index in [9.17, 15) is 22.4 Å². The van der Waals surface area contributed by atoms with E-state index in [-0.39, 0.29) is 11.3 Å². The number of anilines is 1. The van der Waals surface area contributed by atoms with E-state index in [1.165, 1.54) is 0 Å². The van der Waals surface area contributed by atoms with E-state index in [0.717, 1.165) is 17.2 Å². The number of amides is 1. The molecular weight excluding hydrogens is 408 g/mol. The van der Waals surface area contributed by atoms with Gasteiger partial charge in [0.15, 0.2) is 0 Å². The Hall–Kier alpha value is -3.74. The lowest BCUT2D eigenvalue weighted by molar-refractivity contribution is -0.139. The minimum absolute atomic E-state index is 0.155. The smallest absolute Gasteiger partial charge is 0.322 e. The molecule has 4 aromatic rings. The zero-order valence-electron chi connectivity index (χ0n) is 16.3. The summed E-state index contributed by atoms with van der Waals surface area (Å²) < 4.78 is 52.6. The molecule has 0 bridgehead atoms. The van der Waals surface area contributed by atoms with Gasteiger partial charge < -0.3 is 5.32 Å². The van der Waals surface area contributed by atoms with Crippen molar-refractivity contribution in [2.24, 2.45) is 0 Å². The molecule has 0 fully saturated rings. The van der Waals surface area contributed by atoms with Gasteiger partial charge in [-0.3, -0.25) is 4.79 Å². The molecule has 0 radical (unpaired) electrons. The quantitative estimate of drug-likeness (QED) is 0.376. The standard InChI is InChI=1S/C24H16F4N2O/c1-14-7-10-21-17(11-14)18(13-22(30-21)15-5-3-2-4-6-15)23(31)29-16-8-9-20(25)19(12-16)24(26,27)28/h2-13H,1H3,(H,29,31). The maximum absolute atomic E-state index is 13.6. The van der Waals surface area contributed by atoms with E-state index >= 15 is 0 Å². The fourth-order valence-electron chi connectivity index (χ4n) is 3.30. The summed E-state index contributed by atoms with van der Waals surface area (Å²) in [4.78, 5) is 17.7. The van der Waals surface area contributed by atoms with Crippen LogP contribution in [0.15, 0.2) is 72.8 Å². The maximum Gasteiger partial charge on any atom is 0.419 e. The van der Waals surface area contributed by atoms with Gasteiger partial charge in [0.25, 0.3) is 5.91 Å². The molecule has 3 nitrogen and oxygen atoms in total. The van der Waals surface area contributed by atoms with E-state index in [2.05, 4.69) is 10.3 Å². The van der Waals surface area contributed by atoms with Crippen LogP contribution in [0.4, 0.5) is 23.2 Å². The second-order valence-electron chi connectivity index (χ2n) is 7.09. The number of aryl methyl sites for hydroxylation is 1. The van der Waals surface area contributed by atoms with Gasteiger partial charge >= 0.3 is 6.18 Å². The largest absolute Gasteiger partial charge is 0.419 e. The van der Waals surface area contributed by atoms with E-state index in [1.54, 1.807) is 18.2 Å². The topological polar surface area (TPSA) is 42.0 Å². The van der Waals surface area contributed by atoms with E-state index in [0.29, 0.717) is 28.7 Å². The van der Waals surface area contributed by atoms with Gasteiger partial charge in [0, 0.05) is 16.6 Å². The Morgan fingerprint density at radius 2 is 1.68 bits per heavy atom. The highest BCUT2D eigenvalue weighted by Gasteiger charge is 2.34. The Labute approximate surface area is 175 Å². The fraction of sp³-hybridized carbons (Fsp3) is 0.0833. The molecule has 1 N–H and O–H groups in total. The van der Waals surface area contributed by atoms with Crippen molar-refractivity contribution >= 4 is 22.5 Å². The van der Waals surface area contributed by atoms with Crippen LogP contribution >= 0.6 is 0 Å². The number of halogens is 4. The number of pyridine rings is 1. The number of rotatable bonds is 3. The Balaban J connectivity index is 1.80. The van der Waals surface area contributed by atoms with Crippen LogP contribution in [0.3, 0.4) is 0 Å². The molecule has 3 aromatic carbocycles. The minimum atomic E-state index is -4.87. The number of alkyl halides is 3. The summed E-state index contributed by atoms with van der Waals surface area (Å²) in [6.07, 6.45) is -4.87. The van der Waals surface area contributed by atoms with Crippen LogP contribution in [-0.2, 0) is 6.18 Å². The third kappa shape index (κ3) is 4.26. The highest BCUT2D eigenvalue weighted by Crippen LogP contribution is 2.33. The molecule has 1 aromatic heterocycles. The van der Waals surface area contributed by atoms with Crippen LogP contribution < -0.4 is 5.32 Å². The van der Waals surface area contributed by atoms with Crippen molar-refractivity contribution in [1.29, 1.82) is 0 Å². The monoisotopic (exact) mass is 424 g/mol. The molecule has 0 saturated carbocycles. The van der Waals surface area contributed by atoms with Gasteiger partial charge in [-0.2, -0.15) is 13.2 Å². The van der Waals surface area contributed by atoms with Crippen molar-refractivity contribution < 1.29 is 22.4 Å². The van der Waals surface area contributed by atoms with Crippen molar-refractivity contribution in [3.05, 3.63) is 95.3 Å². The summed E-state index contributed by atoms with van der Waals surface area (Å²) >= 11 is 0. The number of aromatic nitrogens is 1. The van der Waals surface area contributed by atoms with Crippen LogP contribution in [0, 0.1) is 12.7 Å². The van der Waals surface area contributed by atoms with Crippen LogP contribution in [0.5, 0.6) is 0 Å². The molecule has 4 rings (SSSR count). The van der Waals surface area contributed by atoms with Crippen LogP contribution in [0.25, 0.3) is 22.2 Å². The first kappa shape index (κ1) is 20.5. The molecule has 0 aliphatic heterocycles. The van der Waals surface area contributed by atoms with Crippen molar-refractivity contribution in [2.45, 2.75) is 13.1 Å². The SMILES string of the molecule is Cc1ccc2nc(-c3ccccc3)cc(C(=O)Nc3ccc(F)c(C(F)(F)F)c3)c2c1. The predicted molar refractivity (Wildman–Crippen MR) is 111 cm³/mol. The van der Waals surface area contributed by atoms with Gasteiger partial charge in [-0.15, -0.1) is 0 Å². The first-order valence-corrected chi connectivity index (χ1v) is 9.37. The van der Waals surface area contributed by atoms with E-state index in [4.69, 9.17) is 0 Å². The molecule has 0 aliphatic rings. The first-order valence-electron chi connectivity index (χ1n) is 9.37. The molecular formula is C24H16F4N2O. The third-order valence-corrected chi connectivity index (χ3v) is 4.81. The van der Waals surface area contributed by atoms with Gasteiger partial charge in [-0.1, -0.05) is 42.0 Å². The summed E-state index contributed by atoms with van der Waals surface area (Å²) in [5.41, 5.74) is 1.48. The van der Waals surface area contributed by atoms with Gasteiger partial charge in [0.1, 0.15) is 5.82 Å². The van der Waals surface area contributed by atoms with Crippen molar-refractivity contribution in [3.63, 3.8) is 0 Å². The normalized spacial score (nSPS) is 11.5. The van der Waals surface area contributed by atoms with Gasteiger partial charge in [0.05, 0.1) is 22.3 Å². The zero-order valence-corrected chi connectivity index (χ0v) is 16.3. The molecule has 156 valence electrons. The fourth-order valence-corrected chi connectivity index (χ4v) is 3.30. The number of nitrogens with one attached hydrogen (secondary N) is 1. The molecule has 1 amide bonds. The Morgan fingerprint density at radius 1 is 0.935 bits per heavy atom. The summed E-state index contributed by atoms with van der Waals surface area (Å²) in [7, 11) is 0. The Bertz CT molecular complexity index is 1280. The summed E-state index contributed by atoms with van der Waals surface area (Å²) in [5.74, 6) is -2.02. The summed E-state index contributed by atoms with van der Waals surface area (Å²) in [5, 5.41) is 3.02. The number of fused-ring (bicyclic) bond motifs is 1. The van der Waals surface area contributed by atoms with Crippen molar-refractivity contribution in [3.8, 4) is 11.3 Å². The number of carbonyl (C=O) groups is 1. The summed E-state index contributed by atoms with van der Waals surface area (Å²) in [6.45, 7) is 1.86. The highest BCUT2D eigenvalue weighted by molar-refractivity contribution is 6.13. The highest BCUT2D eigenvalue weighted by atomic mass is 19.4. The van der Waals surface area contributed by atoms with Gasteiger partial charge in [0.2, 0.25) is 0 Å². The van der Waals surface area contributed by atoms with Gasteiger partial charge in [-0.05, 0) is 43.3 Å². The number of nitrogens with zero attached hydrogens (tertiary/aromatic N) is 1.